The summed E-state index contributed by atoms with van der Waals surface area (Å²) in [5.74, 6) is 0.0648. The molecule has 0 aromatic rings. The van der Waals surface area contributed by atoms with Gasteiger partial charge in [-0.05, 0) is 0 Å². The molecule has 0 fully saturated rings. The van der Waals surface area contributed by atoms with Crippen LogP contribution in [0.4, 0.5) is 0 Å². The topological polar surface area (TPSA) is 116 Å². The Hall–Kier alpha value is 0.0690. The Balaban J connectivity index is -0.0000000250. The Morgan fingerprint density at radius 2 is 1.25 bits per heavy atom. The maximum Gasteiger partial charge on any atom is 2.00 e. The van der Waals surface area contributed by atoms with Crippen LogP contribution in [0.1, 0.15) is 27.7 Å². The normalized spacial score (nSPS) is 10.3. The number of allylic oxidation sites excluding steroid dienone is 2. The van der Waals surface area contributed by atoms with E-state index in [1.54, 1.807) is 13.8 Å². The van der Waals surface area contributed by atoms with E-state index < -0.39 is 6.10 Å². The Morgan fingerprint density at radius 3 is 1.25 bits per heavy atom. The van der Waals surface area contributed by atoms with E-state index in [0.29, 0.717) is 11.1 Å². The van der Waals surface area contributed by atoms with Crippen LogP contribution in [0.5, 0.6) is 0 Å². The molecule has 6 heteroatoms. The molecule has 4 nitrogen and oxygen atoms in total. The Kier molecular flexibility index (Phi) is 46.1. The summed E-state index contributed by atoms with van der Waals surface area (Å²) in [5, 5.41) is 20.1. The fraction of sp³-hybridized carbons (Fsp3) is 0.500. The van der Waals surface area contributed by atoms with Crippen molar-refractivity contribution in [3.63, 3.8) is 0 Å². The molecule has 6 N–H and O–H groups in total. The van der Waals surface area contributed by atoms with Crippen molar-refractivity contribution in [3.8, 4) is 0 Å². The van der Waals surface area contributed by atoms with Gasteiger partial charge in [-0.15, -0.1) is 13.0 Å². The van der Waals surface area contributed by atoms with Crippen molar-refractivity contribution in [3.05, 3.63) is 30.4 Å². The van der Waals surface area contributed by atoms with Crippen molar-refractivity contribution < 1.29 is 44.4 Å². The fourth-order valence-electron chi connectivity index (χ4n) is 0. The van der Waals surface area contributed by atoms with Gasteiger partial charge < -0.3 is 34.9 Å². The van der Waals surface area contributed by atoms with Crippen molar-refractivity contribution in [1.82, 2.24) is 12.3 Å². The largest absolute Gasteiger partial charge is 2.00 e. The van der Waals surface area contributed by atoms with Crippen LogP contribution in [0, 0.1) is 13.5 Å². The minimum atomic E-state index is -0.704. The first kappa shape index (κ1) is 36.0. The standard InChI is InChI=1S/C5H9O.C5H8O.2Mn.2H3N/c2*1-4(2)5(3)6;;;;/h6H,1H2,2-3H3;1,5H,2-3H3;;;2*1H3/q-1;-2;2*+2;;/p-1. The summed E-state index contributed by atoms with van der Waals surface area (Å²) in [6.45, 7) is 14.8. The minimum Gasteiger partial charge on any atom is -0.957 e. The van der Waals surface area contributed by atoms with Crippen LogP contribution < -0.4 is 22.5 Å². The van der Waals surface area contributed by atoms with E-state index >= 15 is 0 Å². The maximum absolute atomic E-state index is 10.1. The van der Waals surface area contributed by atoms with E-state index in [2.05, 4.69) is 6.92 Å². The summed E-state index contributed by atoms with van der Waals surface area (Å²) >= 11 is 0. The summed E-state index contributed by atoms with van der Waals surface area (Å²) < 4.78 is 0. The summed E-state index contributed by atoms with van der Waals surface area (Å²) in [4.78, 5) is 0. The molecule has 0 bridgehead atoms. The van der Waals surface area contributed by atoms with E-state index in [1.807, 2.05) is 0 Å². The van der Waals surface area contributed by atoms with Gasteiger partial charge in [0.15, 0.2) is 0 Å². The first-order valence-corrected chi connectivity index (χ1v) is 3.70. The van der Waals surface area contributed by atoms with Gasteiger partial charge in [-0.2, -0.15) is 0 Å². The van der Waals surface area contributed by atoms with Crippen LogP contribution in [0.25, 0.3) is 0 Å². The molecule has 2 radical (unpaired) electrons. The van der Waals surface area contributed by atoms with Crippen LogP contribution in [0.15, 0.2) is 16.9 Å². The molecule has 0 aromatic carbocycles. The van der Waals surface area contributed by atoms with Gasteiger partial charge in [-0.25, -0.2) is 12.5 Å². The molecule has 0 aliphatic heterocycles. The molecule has 0 saturated heterocycles. The van der Waals surface area contributed by atoms with Crippen LogP contribution in [-0.2, 0) is 34.1 Å². The van der Waals surface area contributed by atoms with Crippen molar-refractivity contribution in [1.29, 1.82) is 0 Å². The summed E-state index contributed by atoms with van der Waals surface area (Å²) in [6.07, 6.45) is -0.704. The minimum absolute atomic E-state index is 0. The molecular formula is C10H22Mn2N2O2. The first-order chi connectivity index (χ1) is 5.29. The maximum atomic E-state index is 10.1. The number of rotatable bonds is 1. The summed E-state index contributed by atoms with van der Waals surface area (Å²) in [6, 6.07) is 0. The number of hydrogen-bond donors (Lipinski definition) is 2. The Morgan fingerprint density at radius 1 is 1.12 bits per heavy atom. The van der Waals surface area contributed by atoms with Crippen LogP contribution in [0.2, 0.25) is 0 Å². The third-order valence-corrected chi connectivity index (χ3v) is 1.24. The third-order valence-electron chi connectivity index (χ3n) is 1.24. The second-order valence-corrected chi connectivity index (χ2v) is 2.72. The quantitative estimate of drug-likeness (QED) is 0.425. The summed E-state index contributed by atoms with van der Waals surface area (Å²) in [5.41, 5.74) is 1.07. The van der Waals surface area contributed by atoms with Crippen molar-refractivity contribution in [2.45, 2.75) is 33.8 Å². The van der Waals surface area contributed by atoms with E-state index in [9.17, 15) is 10.2 Å². The molecule has 0 heterocycles. The number of hydrogen-bond acceptors (Lipinski definition) is 4. The molecule has 98 valence electrons. The van der Waals surface area contributed by atoms with Gasteiger partial charge in [0.1, 0.15) is 0 Å². The molecule has 0 spiro atoms. The van der Waals surface area contributed by atoms with Gasteiger partial charge in [0.25, 0.3) is 0 Å². The molecule has 0 aromatic heterocycles. The Labute approximate surface area is 121 Å². The van der Waals surface area contributed by atoms with Crippen LogP contribution in [-0.4, -0.2) is 6.10 Å². The second kappa shape index (κ2) is 20.5. The van der Waals surface area contributed by atoms with E-state index in [4.69, 9.17) is 6.58 Å². The van der Waals surface area contributed by atoms with Crippen LogP contribution in [0.3, 0.4) is 0 Å². The molecule has 0 aliphatic rings. The fourth-order valence-corrected chi connectivity index (χ4v) is 0. The zero-order chi connectivity index (χ0) is 10.3. The molecule has 0 rings (SSSR count). The van der Waals surface area contributed by atoms with Gasteiger partial charge >= 0.3 is 34.1 Å². The van der Waals surface area contributed by atoms with Crippen molar-refractivity contribution in [2.24, 2.45) is 0 Å². The second-order valence-electron chi connectivity index (χ2n) is 2.72. The molecule has 0 saturated carbocycles. The van der Waals surface area contributed by atoms with Gasteiger partial charge in [-0.3, -0.25) is 5.57 Å². The van der Waals surface area contributed by atoms with Crippen LogP contribution >= 0.6 is 0 Å². The average molecular weight is 312 g/mol. The first-order valence-electron chi connectivity index (χ1n) is 3.70. The monoisotopic (exact) mass is 312 g/mol. The van der Waals surface area contributed by atoms with Crippen molar-refractivity contribution >= 4 is 0 Å². The SMILES string of the molecule is N.N.[CH-]=C(C)C(C)[O-].[CH2-]C(C)=C(C)[O-].[Mn+2].[Mn+2]. The predicted octanol–water partition coefficient (Wildman–Crippen LogP) is 0.908. The predicted molar refractivity (Wildman–Crippen MR) is 56.7 cm³/mol. The zero-order valence-corrected chi connectivity index (χ0v) is 12.7. The molecule has 16 heavy (non-hydrogen) atoms. The molecule has 1 unspecified atom stereocenters. The van der Waals surface area contributed by atoms with E-state index in [0.717, 1.165) is 0 Å². The van der Waals surface area contributed by atoms with E-state index in [1.165, 1.54) is 13.8 Å². The van der Waals surface area contributed by atoms with Gasteiger partial charge in [-0.1, -0.05) is 20.8 Å². The molecular weight excluding hydrogens is 290 g/mol. The van der Waals surface area contributed by atoms with Gasteiger partial charge in [0.2, 0.25) is 0 Å². The zero-order valence-electron chi connectivity index (χ0n) is 10.3. The van der Waals surface area contributed by atoms with Gasteiger partial charge in [0.05, 0.1) is 0 Å². The Bertz CT molecular complexity index is 166. The average Bonchev–Trinajstić information content (AvgIpc) is 1.88. The summed E-state index contributed by atoms with van der Waals surface area (Å²) in [7, 11) is 0. The third kappa shape index (κ3) is 36.9. The molecule has 1 atom stereocenters. The molecule has 0 amide bonds. The van der Waals surface area contributed by atoms with Crippen molar-refractivity contribution in [2.75, 3.05) is 0 Å². The van der Waals surface area contributed by atoms with Gasteiger partial charge in [0, 0.05) is 0 Å². The smallest absolute Gasteiger partial charge is 0.957 e. The molecule has 0 aliphatic carbocycles. The van der Waals surface area contributed by atoms with E-state index in [-0.39, 0.29) is 52.2 Å².